The number of nitrogen functional groups attached to an aromatic ring is 1. The van der Waals surface area contributed by atoms with Crippen LogP contribution in [-0.2, 0) is 33.6 Å². The molecule has 0 bridgehead atoms. The molecule has 0 radical (unpaired) electrons. The number of fused-ring (bicyclic) bond motifs is 12. The number of rotatable bonds is 10. The molecule has 9 aromatic carbocycles. The average Bonchev–Trinajstić information content (AvgIpc) is 1.56. The predicted molar refractivity (Wildman–Crippen MR) is 425 cm³/mol. The van der Waals surface area contributed by atoms with Gasteiger partial charge in [0, 0.05) is 119 Å². The van der Waals surface area contributed by atoms with Crippen molar-refractivity contribution < 1.29 is 85.6 Å². The molecule has 19 rings (SSSR count). The van der Waals surface area contributed by atoms with Gasteiger partial charge in [-0.2, -0.15) is 21.6 Å². The van der Waals surface area contributed by atoms with E-state index in [1.807, 2.05) is 122 Å². The number of morpholine rings is 3. The van der Waals surface area contributed by atoms with Crippen molar-refractivity contribution in [1.29, 1.82) is 0 Å². The second-order valence-corrected chi connectivity index (χ2v) is 29.7. The number of hydrogen-bond acceptors (Lipinski definition) is 25. The Morgan fingerprint density at radius 1 is 0.430 bits per heavy atom. The molecule has 0 spiro atoms. The Morgan fingerprint density at radius 3 is 1.22 bits per heavy atom. The Kier molecular flexibility index (Phi) is 19.7. The van der Waals surface area contributed by atoms with Crippen LogP contribution in [0.3, 0.4) is 0 Å². The van der Waals surface area contributed by atoms with E-state index < -0.39 is 55.0 Å². The molecule has 0 amide bonds. The zero-order valence-electron chi connectivity index (χ0n) is 61.3. The summed E-state index contributed by atoms with van der Waals surface area (Å²) in [6.45, 7) is 14.5. The fraction of sp³-hybridized carbons (Fsp3) is 0.232. The molecule has 4 saturated heterocycles. The highest BCUT2D eigenvalue weighted by atomic mass is 32.2. The zero-order chi connectivity index (χ0) is 79.7. The molecule has 0 aliphatic carbocycles. The molecule has 0 unspecified atom stereocenters. The highest BCUT2D eigenvalue weighted by Gasteiger charge is 2.53. The van der Waals surface area contributed by atoms with Gasteiger partial charge >= 0.3 is 22.7 Å². The lowest BCUT2D eigenvalue weighted by molar-refractivity contribution is -0.383. The molecule has 582 valence electrons. The third-order valence-electron chi connectivity index (χ3n) is 20.7. The number of benzene rings is 9. The van der Waals surface area contributed by atoms with Gasteiger partial charge in [-0.1, -0.05) is 91.0 Å². The van der Waals surface area contributed by atoms with Crippen LogP contribution in [0.25, 0.3) is 121 Å². The Labute approximate surface area is 643 Å². The molecule has 2 N–H and O–H groups in total. The maximum atomic E-state index is 12.9. The monoisotopic (exact) mass is 1570 g/mol. The number of anilines is 4. The minimum absolute atomic E-state index is 0.0141. The molecule has 114 heavy (non-hydrogen) atoms. The molecular formula is C82H68BF3N6O21S. The van der Waals surface area contributed by atoms with E-state index in [0.717, 1.165) is 33.5 Å². The first-order valence-electron chi connectivity index (χ1n) is 36.2. The van der Waals surface area contributed by atoms with Gasteiger partial charge in [-0.3, -0.25) is 34.6 Å². The first-order valence-corrected chi connectivity index (χ1v) is 37.6. The zero-order valence-corrected chi connectivity index (χ0v) is 62.1. The van der Waals surface area contributed by atoms with Crippen molar-refractivity contribution in [3.63, 3.8) is 0 Å². The summed E-state index contributed by atoms with van der Waals surface area (Å²) in [5.41, 5.74) is 7.20. The molecule has 0 atom stereocenters. The first-order chi connectivity index (χ1) is 54.7. The van der Waals surface area contributed by atoms with Crippen LogP contribution in [0.1, 0.15) is 27.7 Å². The van der Waals surface area contributed by atoms with Crippen LogP contribution >= 0.6 is 0 Å². The summed E-state index contributed by atoms with van der Waals surface area (Å²) in [6.07, 6.45) is 0. The number of para-hydroxylation sites is 6. The van der Waals surface area contributed by atoms with Gasteiger partial charge in [0.25, 0.3) is 11.4 Å². The van der Waals surface area contributed by atoms with Crippen LogP contribution in [0.4, 0.5) is 47.9 Å². The van der Waals surface area contributed by atoms with Crippen molar-refractivity contribution in [2.45, 2.75) is 44.4 Å². The van der Waals surface area contributed by atoms with Crippen LogP contribution in [-0.4, -0.2) is 121 Å². The second-order valence-electron chi connectivity index (χ2n) is 28.1. The number of nitrogens with zero attached hydrogens (tertiary/aromatic N) is 5. The number of non-ortho nitro benzene ring substituents is 2. The average molecular weight is 1570 g/mol. The van der Waals surface area contributed by atoms with Gasteiger partial charge in [-0.05, 0) is 88.4 Å². The molecule has 27 nitrogen and oxygen atoms in total. The van der Waals surface area contributed by atoms with Gasteiger partial charge in [-0.15, -0.1) is 0 Å². The SMILES string of the molecule is CC1(C)OB(c2ccc([N+](=O)[O-])c3c2oc2ccccc23)OC1(C)C.Nc1ccc(-c2cccc3c(=O)cc(N4CCOCC4)oc23)c2oc3ccccc3c12.O=c1cc(N2CCOCC2)oc2c(-c3ccc([N+](=O)[O-])c4c3oc3ccccc34)cccc12.O=c1cc(N2CCOCC2)oc2c(OS(=O)(=O)C(F)(F)F)cccc12. The van der Waals surface area contributed by atoms with Crippen molar-refractivity contribution in [3.8, 4) is 28.0 Å². The number of alkyl halides is 3. The number of hydrogen-bond donors (Lipinski definition) is 1. The van der Waals surface area contributed by atoms with E-state index in [0.29, 0.717) is 184 Å². The Morgan fingerprint density at radius 2 is 0.781 bits per heavy atom. The van der Waals surface area contributed by atoms with E-state index in [2.05, 4.69) is 4.18 Å². The third kappa shape index (κ3) is 14.0. The molecule has 10 heterocycles. The summed E-state index contributed by atoms with van der Waals surface area (Å²) < 4.78 is 129. The van der Waals surface area contributed by atoms with Gasteiger partial charge in [0.05, 0.1) is 82.2 Å². The van der Waals surface area contributed by atoms with E-state index in [1.54, 1.807) is 59.5 Å². The summed E-state index contributed by atoms with van der Waals surface area (Å²) in [5.74, 6) is 0.429. The Balaban J connectivity index is 0.000000115. The molecular weight excluding hydrogens is 1500 g/mol. The van der Waals surface area contributed by atoms with E-state index in [9.17, 15) is 56.2 Å². The first kappa shape index (κ1) is 75.5. The van der Waals surface area contributed by atoms with Gasteiger partial charge in [0.1, 0.15) is 55.4 Å². The largest absolute Gasteiger partial charge is 0.534 e. The standard InChI is InChI=1S/C25H18N2O6.C25H20N2O4.C18H18BNO5.C14H12F3NO6S/c28-20-14-22(26-10-12-31-13-11-26)33-24-15(5-3-6-17(20)24)16-8-9-19(27(29)30)23-18-4-1-2-7-21(18)32-25(16)23;26-19-9-8-16(25-23(19)18-4-1-2-7-21(18)30-25)15-5-3-6-17-20(28)14-22(31-24(15)17)27-10-12-29-13-11-27;1-17(2)18(3,4)25-19(24-17)12-9-10-13(20(21)22)15-11-7-5-6-8-14(11)23-16(12)15;15-14(16,17)25(20,21)24-11-3-1-2-9-10(19)8-12(23-13(9)11)18-4-6-22-7-5-18/h1-9,14H,10-13H2;1-9,14H,10-13,26H2;5-10H,1-4H3;1-3,8H,4-7H2. The van der Waals surface area contributed by atoms with Crippen LogP contribution < -0.4 is 46.4 Å². The molecule has 4 aliphatic rings. The van der Waals surface area contributed by atoms with Crippen molar-refractivity contribution >= 4 is 156 Å². The van der Waals surface area contributed by atoms with E-state index >= 15 is 0 Å². The lowest BCUT2D eigenvalue weighted by atomic mass is 9.78. The third-order valence-corrected chi connectivity index (χ3v) is 21.7. The Hall–Kier alpha value is -12.6. The summed E-state index contributed by atoms with van der Waals surface area (Å²) in [4.78, 5) is 66.2. The van der Waals surface area contributed by atoms with Crippen molar-refractivity contribution in [2.75, 3.05) is 99.3 Å². The van der Waals surface area contributed by atoms with Crippen LogP contribution in [0.5, 0.6) is 5.75 Å². The highest BCUT2D eigenvalue weighted by molar-refractivity contribution is 7.88. The summed E-state index contributed by atoms with van der Waals surface area (Å²) in [6, 6.07) is 51.1. The molecule has 4 fully saturated rings. The van der Waals surface area contributed by atoms with E-state index in [4.69, 9.17) is 55.8 Å². The minimum Gasteiger partial charge on any atom is -0.456 e. The maximum Gasteiger partial charge on any atom is 0.534 e. The number of nitrogens with two attached hydrogens (primary N) is 1. The van der Waals surface area contributed by atoms with Gasteiger partial charge in [-0.25, -0.2) is 0 Å². The lowest BCUT2D eigenvalue weighted by Crippen LogP contribution is -2.41. The minimum atomic E-state index is -5.89. The normalized spacial score (nSPS) is 15.9. The fourth-order valence-corrected chi connectivity index (χ4v) is 14.8. The molecule has 4 aliphatic heterocycles. The number of halogens is 3. The summed E-state index contributed by atoms with van der Waals surface area (Å²) in [5, 5.41) is 28.3. The van der Waals surface area contributed by atoms with Crippen molar-refractivity contribution in [1.82, 2.24) is 0 Å². The highest BCUT2D eigenvalue weighted by Crippen LogP contribution is 2.46. The molecule has 15 aromatic rings. The fourth-order valence-electron chi connectivity index (χ4n) is 14.3. The van der Waals surface area contributed by atoms with Crippen molar-refractivity contribution in [2.24, 2.45) is 0 Å². The lowest BCUT2D eigenvalue weighted by Gasteiger charge is -2.32. The van der Waals surface area contributed by atoms with Gasteiger partial charge in [0.2, 0.25) is 0 Å². The number of ether oxygens (including phenoxy) is 3. The Bertz CT molecular complexity index is 6640. The number of furan rings is 3. The topological polar surface area (TPSA) is 342 Å². The molecule has 6 aromatic heterocycles. The van der Waals surface area contributed by atoms with Crippen LogP contribution in [0.15, 0.2) is 223 Å². The van der Waals surface area contributed by atoms with Gasteiger partial charge in [0.15, 0.2) is 45.3 Å². The molecule has 0 saturated carbocycles. The summed E-state index contributed by atoms with van der Waals surface area (Å²) in [7, 11) is -6.53. The smallest absolute Gasteiger partial charge is 0.456 e. The van der Waals surface area contributed by atoms with Crippen LogP contribution in [0, 0.1) is 20.2 Å². The van der Waals surface area contributed by atoms with E-state index in [1.165, 1.54) is 36.4 Å². The molecule has 32 heteroatoms. The quantitative estimate of drug-likeness (QED) is 0.0332. The predicted octanol–water partition coefficient (Wildman–Crippen LogP) is 15.5. The summed E-state index contributed by atoms with van der Waals surface area (Å²) >= 11 is 0. The number of nitro groups is 2. The van der Waals surface area contributed by atoms with Crippen LogP contribution in [0.2, 0.25) is 0 Å². The van der Waals surface area contributed by atoms with Crippen molar-refractivity contribution in [3.05, 3.63) is 233 Å². The van der Waals surface area contributed by atoms with E-state index in [-0.39, 0.29) is 39.1 Å². The maximum absolute atomic E-state index is 12.9. The second kappa shape index (κ2) is 29.8. The number of nitro benzene ring substituents is 2. The van der Waals surface area contributed by atoms with Gasteiger partial charge < -0.3 is 74.6 Å².